The van der Waals surface area contributed by atoms with Gasteiger partial charge < -0.3 is 0 Å². The molecule has 0 bridgehead atoms. The maximum absolute atomic E-state index is 10.5. The molecule has 2 rings (SSSR count). The molecule has 0 unspecified atom stereocenters. The third kappa shape index (κ3) is 3.56. The molecule has 0 spiro atoms. The van der Waals surface area contributed by atoms with Crippen LogP contribution in [0.4, 0.5) is 5.69 Å². The standard InChI is InChI=1S/C14H9Cl2NO2/c15-13-8-5-11(9-14(13)16)2-1-10-3-6-12(7-4-10)17(18)19/h1-9H/b2-1+. The Morgan fingerprint density at radius 3 is 2.05 bits per heavy atom. The molecule has 0 aliphatic heterocycles. The number of nitro benzene ring substituents is 1. The van der Waals surface area contributed by atoms with Gasteiger partial charge in [-0.15, -0.1) is 0 Å². The van der Waals surface area contributed by atoms with Crippen molar-refractivity contribution in [3.8, 4) is 0 Å². The normalized spacial score (nSPS) is 10.8. The fourth-order valence-corrected chi connectivity index (χ4v) is 1.82. The Labute approximate surface area is 120 Å². The highest BCUT2D eigenvalue weighted by atomic mass is 35.5. The summed E-state index contributed by atoms with van der Waals surface area (Å²) >= 11 is 11.7. The van der Waals surface area contributed by atoms with Gasteiger partial charge in [-0.05, 0) is 35.4 Å². The van der Waals surface area contributed by atoms with Crippen molar-refractivity contribution in [2.75, 3.05) is 0 Å². The lowest BCUT2D eigenvalue weighted by Gasteiger charge is -1.98. The highest BCUT2D eigenvalue weighted by Gasteiger charge is 2.02. The molecule has 0 amide bonds. The molecule has 0 aromatic heterocycles. The molecule has 96 valence electrons. The number of nitro groups is 1. The van der Waals surface area contributed by atoms with Crippen molar-refractivity contribution in [3.05, 3.63) is 73.8 Å². The lowest BCUT2D eigenvalue weighted by molar-refractivity contribution is -0.384. The minimum absolute atomic E-state index is 0.0756. The van der Waals surface area contributed by atoms with E-state index in [4.69, 9.17) is 23.2 Å². The first-order chi connectivity index (χ1) is 9.06. The molecule has 2 aromatic rings. The summed E-state index contributed by atoms with van der Waals surface area (Å²) < 4.78 is 0. The monoisotopic (exact) mass is 293 g/mol. The molecule has 0 radical (unpaired) electrons. The van der Waals surface area contributed by atoms with E-state index in [9.17, 15) is 10.1 Å². The maximum atomic E-state index is 10.5. The molecule has 0 saturated heterocycles. The molecular weight excluding hydrogens is 285 g/mol. The molecule has 0 N–H and O–H groups in total. The minimum atomic E-state index is -0.424. The number of hydrogen-bond acceptors (Lipinski definition) is 2. The second kappa shape index (κ2) is 5.87. The SMILES string of the molecule is O=[N+]([O-])c1ccc(/C=C/c2ccc(Cl)c(Cl)c2)cc1. The van der Waals surface area contributed by atoms with Gasteiger partial charge in [-0.25, -0.2) is 0 Å². The van der Waals surface area contributed by atoms with Crippen molar-refractivity contribution in [3.63, 3.8) is 0 Å². The third-order valence-corrected chi connectivity index (χ3v) is 3.25. The average molecular weight is 294 g/mol. The van der Waals surface area contributed by atoms with Crippen molar-refractivity contribution in [2.45, 2.75) is 0 Å². The number of hydrogen-bond donors (Lipinski definition) is 0. The number of non-ortho nitro benzene ring substituents is 1. The van der Waals surface area contributed by atoms with Crippen LogP contribution in [0.3, 0.4) is 0 Å². The first-order valence-electron chi connectivity index (χ1n) is 5.44. The second-order valence-corrected chi connectivity index (χ2v) is 4.67. The van der Waals surface area contributed by atoms with Crippen LogP contribution >= 0.6 is 23.2 Å². The summed E-state index contributed by atoms with van der Waals surface area (Å²) in [5.74, 6) is 0. The predicted molar refractivity (Wildman–Crippen MR) is 78.5 cm³/mol. The first kappa shape index (κ1) is 13.6. The maximum Gasteiger partial charge on any atom is 0.269 e. The van der Waals surface area contributed by atoms with Gasteiger partial charge in [-0.2, -0.15) is 0 Å². The van der Waals surface area contributed by atoms with Crippen molar-refractivity contribution in [1.29, 1.82) is 0 Å². The van der Waals surface area contributed by atoms with E-state index < -0.39 is 4.92 Å². The lowest BCUT2D eigenvalue weighted by Crippen LogP contribution is -1.86. The number of nitrogens with zero attached hydrogens (tertiary/aromatic N) is 1. The lowest BCUT2D eigenvalue weighted by atomic mass is 10.1. The minimum Gasteiger partial charge on any atom is -0.258 e. The van der Waals surface area contributed by atoms with Crippen LogP contribution < -0.4 is 0 Å². The number of benzene rings is 2. The Balaban J connectivity index is 2.17. The van der Waals surface area contributed by atoms with Gasteiger partial charge in [0, 0.05) is 12.1 Å². The Hall–Kier alpha value is -1.84. The summed E-state index contributed by atoms with van der Waals surface area (Å²) in [6.07, 6.45) is 3.71. The zero-order chi connectivity index (χ0) is 13.8. The first-order valence-corrected chi connectivity index (χ1v) is 6.19. The summed E-state index contributed by atoms with van der Waals surface area (Å²) in [6.45, 7) is 0. The smallest absolute Gasteiger partial charge is 0.258 e. The van der Waals surface area contributed by atoms with Crippen LogP contribution in [-0.2, 0) is 0 Å². The van der Waals surface area contributed by atoms with E-state index in [0.29, 0.717) is 10.0 Å². The van der Waals surface area contributed by atoms with Crippen molar-refractivity contribution >= 4 is 41.0 Å². The van der Waals surface area contributed by atoms with Gasteiger partial charge in [-0.1, -0.05) is 41.4 Å². The molecule has 19 heavy (non-hydrogen) atoms. The van der Waals surface area contributed by atoms with Crippen LogP contribution in [0, 0.1) is 10.1 Å². The zero-order valence-electron chi connectivity index (χ0n) is 9.72. The van der Waals surface area contributed by atoms with E-state index in [1.807, 2.05) is 18.2 Å². The molecule has 3 nitrogen and oxygen atoms in total. The highest BCUT2D eigenvalue weighted by molar-refractivity contribution is 6.42. The van der Waals surface area contributed by atoms with Crippen molar-refractivity contribution in [1.82, 2.24) is 0 Å². The summed E-state index contributed by atoms with van der Waals surface area (Å²) in [6, 6.07) is 11.6. The third-order valence-electron chi connectivity index (χ3n) is 2.52. The zero-order valence-corrected chi connectivity index (χ0v) is 11.2. The van der Waals surface area contributed by atoms with Gasteiger partial charge in [0.15, 0.2) is 0 Å². The van der Waals surface area contributed by atoms with Crippen molar-refractivity contribution < 1.29 is 4.92 Å². The summed E-state index contributed by atoms with van der Waals surface area (Å²) in [5.41, 5.74) is 1.86. The van der Waals surface area contributed by atoms with Crippen molar-refractivity contribution in [2.24, 2.45) is 0 Å². The van der Waals surface area contributed by atoms with E-state index in [2.05, 4.69) is 0 Å². The summed E-state index contributed by atoms with van der Waals surface area (Å²) in [5, 5.41) is 11.5. The van der Waals surface area contributed by atoms with Gasteiger partial charge in [0.05, 0.1) is 15.0 Å². The van der Waals surface area contributed by atoms with E-state index in [0.717, 1.165) is 11.1 Å². The van der Waals surface area contributed by atoms with Crippen LogP contribution in [-0.4, -0.2) is 4.92 Å². The van der Waals surface area contributed by atoms with Crippen LogP contribution in [0.2, 0.25) is 10.0 Å². The predicted octanol–water partition coefficient (Wildman–Crippen LogP) is 5.07. The number of halogens is 2. The van der Waals surface area contributed by atoms with Gasteiger partial charge in [0.25, 0.3) is 5.69 Å². The summed E-state index contributed by atoms with van der Waals surface area (Å²) in [7, 11) is 0. The fraction of sp³-hybridized carbons (Fsp3) is 0. The summed E-state index contributed by atoms with van der Waals surface area (Å²) in [4.78, 5) is 10.1. The fourth-order valence-electron chi connectivity index (χ4n) is 1.52. The molecule has 0 fully saturated rings. The number of rotatable bonds is 3. The Kier molecular flexibility index (Phi) is 4.20. The quantitative estimate of drug-likeness (QED) is 0.450. The second-order valence-electron chi connectivity index (χ2n) is 3.86. The molecule has 0 atom stereocenters. The van der Waals surface area contributed by atoms with Gasteiger partial charge in [-0.3, -0.25) is 10.1 Å². The molecule has 5 heteroatoms. The topological polar surface area (TPSA) is 43.1 Å². The molecule has 0 saturated carbocycles. The van der Waals surface area contributed by atoms with Crippen LogP contribution in [0.15, 0.2) is 42.5 Å². The molecule has 0 aliphatic carbocycles. The van der Waals surface area contributed by atoms with Crippen LogP contribution in [0.25, 0.3) is 12.2 Å². The van der Waals surface area contributed by atoms with Gasteiger partial charge in [0.2, 0.25) is 0 Å². The Morgan fingerprint density at radius 2 is 1.47 bits per heavy atom. The van der Waals surface area contributed by atoms with Crippen LogP contribution in [0.5, 0.6) is 0 Å². The molecule has 0 aliphatic rings. The van der Waals surface area contributed by atoms with E-state index >= 15 is 0 Å². The highest BCUT2D eigenvalue weighted by Crippen LogP contribution is 2.23. The van der Waals surface area contributed by atoms with Gasteiger partial charge >= 0.3 is 0 Å². The van der Waals surface area contributed by atoms with Crippen LogP contribution in [0.1, 0.15) is 11.1 Å². The van der Waals surface area contributed by atoms with E-state index in [1.165, 1.54) is 12.1 Å². The average Bonchev–Trinajstić information content (AvgIpc) is 2.40. The Morgan fingerprint density at radius 1 is 0.895 bits per heavy atom. The Bertz CT molecular complexity index is 636. The van der Waals surface area contributed by atoms with Gasteiger partial charge in [0.1, 0.15) is 0 Å². The molecule has 2 aromatic carbocycles. The van der Waals surface area contributed by atoms with E-state index in [1.54, 1.807) is 24.3 Å². The van der Waals surface area contributed by atoms with E-state index in [-0.39, 0.29) is 5.69 Å². The molecule has 0 heterocycles. The molecular formula is C14H9Cl2NO2. The largest absolute Gasteiger partial charge is 0.269 e.